The number of aliphatic hydroxyl groups excluding tert-OH is 1. The summed E-state index contributed by atoms with van der Waals surface area (Å²) >= 11 is 0. The van der Waals surface area contributed by atoms with Crippen molar-refractivity contribution >= 4 is 34.2 Å². The lowest BCUT2D eigenvalue weighted by molar-refractivity contribution is -0.111. The highest BCUT2D eigenvalue weighted by Gasteiger charge is 2.20. The molecule has 2 aromatic carbocycles. The maximum Gasteiger partial charge on any atom is 0.204 e. The van der Waals surface area contributed by atoms with Gasteiger partial charge in [-0.15, -0.1) is 0 Å². The van der Waals surface area contributed by atoms with Crippen LogP contribution in [-0.4, -0.2) is 29.8 Å². The number of nitrogen functional groups attached to an aromatic ring is 2. The van der Waals surface area contributed by atoms with Crippen molar-refractivity contribution in [3.63, 3.8) is 0 Å². The molecule has 0 atom stereocenters. The molecular weight excluding hydrogens is 390 g/mol. The van der Waals surface area contributed by atoms with Crippen LogP contribution in [-0.2, 0) is 4.79 Å². The first-order valence-electron chi connectivity index (χ1n) is 10.1. The molecule has 0 saturated carbocycles. The molecule has 1 aliphatic rings. The fraction of sp³-hybridized carbons (Fsp3) is 0.250. The Balaban J connectivity index is 2.04. The quantitative estimate of drug-likeness (QED) is 0.362. The Morgan fingerprint density at radius 2 is 1.52 bits per heavy atom. The third-order valence-corrected chi connectivity index (χ3v) is 5.66. The Kier molecular flexibility index (Phi) is 6.46. The lowest BCUT2D eigenvalue weighted by Gasteiger charge is -2.20. The zero-order chi connectivity index (χ0) is 22.7. The van der Waals surface area contributed by atoms with Crippen LogP contribution in [0.5, 0.6) is 0 Å². The maximum atomic E-state index is 12.8. The molecule has 0 saturated heterocycles. The smallest absolute Gasteiger partial charge is 0.204 e. The Bertz CT molecular complexity index is 1130. The van der Waals surface area contributed by atoms with Gasteiger partial charge < -0.3 is 27.2 Å². The summed E-state index contributed by atoms with van der Waals surface area (Å²) in [6.07, 6.45) is 3.22. The minimum atomic E-state index is -0.182. The van der Waals surface area contributed by atoms with E-state index in [0.29, 0.717) is 35.0 Å². The van der Waals surface area contributed by atoms with Crippen molar-refractivity contribution in [2.45, 2.75) is 27.7 Å². The Hall–Kier alpha value is -3.58. The average molecular weight is 420 g/mol. The first kappa shape index (κ1) is 22.1. The molecule has 0 radical (unpaired) electrons. The molecule has 7 N–H and O–H groups in total. The molecule has 31 heavy (non-hydrogen) atoms. The van der Waals surface area contributed by atoms with E-state index in [-0.39, 0.29) is 12.4 Å². The summed E-state index contributed by atoms with van der Waals surface area (Å²) in [6, 6.07) is 7.36. The van der Waals surface area contributed by atoms with E-state index in [1.54, 1.807) is 6.08 Å². The average Bonchev–Trinajstić information content (AvgIpc) is 2.75. The molecule has 0 fully saturated rings. The van der Waals surface area contributed by atoms with E-state index in [2.05, 4.69) is 10.6 Å². The third-order valence-electron chi connectivity index (χ3n) is 5.66. The molecule has 0 amide bonds. The lowest BCUT2D eigenvalue weighted by Crippen LogP contribution is -2.28. The largest absolute Gasteiger partial charge is 0.399 e. The summed E-state index contributed by atoms with van der Waals surface area (Å²) < 4.78 is 0. The van der Waals surface area contributed by atoms with Gasteiger partial charge in [0.2, 0.25) is 5.78 Å². The van der Waals surface area contributed by atoms with Crippen LogP contribution in [0.4, 0.5) is 22.7 Å². The molecule has 162 valence electrons. The molecule has 0 aromatic heterocycles. The first-order chi connectivity index (χ1) is 14.7. The van der Waals surface area contributed by atoms with Gasteiger partial charge in [0.15, 0.2) is 0 Å². The summed E-state index contributed by atoms with van der Waals surface area (Å²) in [4.78, 5) is 17.6. The van der Waals surface area contributed by atoms with Gasteiger partial charge in [-0.1, -0.05) is 0 Å². The van der Waals surface area contributed by atoms with Crippen molar-refractivity contribution in [3.8, 4) is 0 Å². The number of nitrogens with zero attached hydrogens (tertiary/aromatic N) is 1. The second-order valence-electron chi connectivity index (χ2n) is 7.63. The van der Waals surface area contributed by atoms with Gasteiger partial charge in [0.05, 0.1) is 29.4 Å². The van der Waals surface area contributed by atoms with Crippen LogP contribution in [0, 0.1) is 27.7 Å². The fourth-order valence-corrected chi connectivity index (χ4v) is 3.29. The van der Waals surface area contributed by atoms with Crippen molar-refractivity contribution in [1.82, 2.24) is 5.32 Å². The number of hydrogen-bond acceptors (Lipinski definition) is 7. The van der Waals surface area contributed by atoms with Crippen LogP contribution >= 0.6 is 0 Å². The number of nitrogens with two attached hydrogens (primary N) is 2. The van der Waals surface area contributed by atoms with E-state index < -0.39 is 0 Å². The summed E-state index contributed by atoms with van der Waals surface area (Å²) in [6.45, 7) is 8.08. The standard InChI is InChI=1S/C24H29N5O2/c1-13-15(3)19(7-5-17(13)25)28-22-11-23(24(31)12-21(22)27-9-10-30)29-20-8-6-18(26)14(2)16(20)4/h5-8,11-12,27,29-30H,9-10,25-26H2,1-4H3. The van der Waals surface area contributed by atoms with Gasteiger partial charge in [-0.2, -0.15) is 0 Å². The second-order valence-corrected chi connectivity index (χ2v) is 7.63. The number of allylic oxidation sites excluding steroid dienone is 2. The van der Waals surface area contributed by atoms with E-state index in [0.717, 1.165) is 33.6 Å². The zero-order valence-corrected chi connectivity index (χ0v) is 18.3. The molecule has 0 aliphatic heterocycles. The fourth-order valence-electron chi connectivity index (χ4n) is 3.29. The number of benzene rings is 2. The van der Waals surface area contributed by atoms with Crippen LogP contribution in [0.15, 0.2) is 52.8 Å². The van der Waals surface area contributed by atoms with Crippen molar-refractivity contribution in [3.05, 3.63) is 70.1 Å². The Morgan fingerprint density at radius 1 is 0.871 bits per heavy atom. The summed E-state index contributed by atoms with van der Waals surface area (Å²) in [7, 11) is 0. The molecular formula is C24H29N5O2. The molecule has 2 aromatic rings. The second kappa shape index (κ2) is 9.06. The number of anilines is 3. The van der Waals surface area contributed by atoms with E-state index in [1.165, 1.54) is 6.08 Å². The molecule has 0 heterocycles. The van der Waals surface area contributed by atoms with Crippen molar-refractivity contribution in [1.29, 1.82) is 0 Å². The van der Waals surface area contributed by atoms with Crippen molar-refractivity contribution in [2.75, 3.05) is 29.9 Å². The predicted molar refractivity (Wildman–Crippen MR) is 128 cm³/mol. The number of aliphatic hydroxyl groups is 1. The van der Waals surface area contributed by atoms with Gasteiger partial charge in [0.1, 0.15) is 0 Å². The van der Waals surface area contributed by atoms with Crippen LogP contribution in [0.25, 0.3) is 0 Å². The monoisotopic (exact) mass is 419 g/mol. The van der Waals surface area contributed by atoms with Crippen LogP contribution in [0.2, 0.25) is 0 Å². The Morgan fingerprint density at radius 3 is 2.19 bits per heavy atom. The van der Waals surface area contributed by atoms with Crippen LogP contribution in [0.3, 0.4) is 0 Å². The Labute approximate surface area is 182 Å². The van der Waals surface area contributed by atoms with Crippen molar-refractivity contribution in [2.24, 2.45) is 4.99 Å². The summed E-state index contributed by atoms with van der Waals surface area (Å²) in [5, 5.41) is 15.5. The number of hydrogen-bond donors (Lipinski definition) is 5. The van der Waals surface area contributed by atoms with Crippen LogP contribution in [0.1, 0.15) is 22.3 Å². The number of aliphatic imine (C=N–C) groups is 1. The zero-order valence-electron chi connectivity index (χ0n) is 18.3. The first-order valence-corrected chi connectivity index (χ1v) is 10.1. The number of rotatable bonds is 6. The van der Waals surface area contributed by atoms with Gasteiger partial charge in [-0.25, -0.2) is 4.99 Å². The number of carbonyl (C=O) groups is 1. The van der Waals surface area contributed by atoms with E-state index in [1.807, 2.05) is 52.0 Å². The minimum Gasteiger partial charge on any atom is -0.399 e. The van der Waals surface area contributed by atoms with E-state index in [4.69, 9.17) is 16.5 Å². The SMILES string of the molecule is Cc1c(N)ccc(N=C2C=C(Nc3ccc(N)c(C)c3C)C(=O)C=C2NCCO)c1C. The lowest BCUT2D eigenvalue weighted by atomic mass is 10.0. The topological polar surface area (TPSA) is 126 Å². The maximum absolute atomic E-state index is 12.8. The summed E-state index contributed by atoms with van der Waals surface area (Å²) in [5.74, 6) is -0.182. The molecule has 0 unspecified atom stereocenters. The highest BCUT2D eigenvalue weighted by molar-refractivity contribution is 6.23. The number of nitrogens with one attached hydrogen (secondary N) is 2. The highest BCUT2D eigenvalue weighted by Crippen LogP contribution is 2.29. The molecule has 1 aliphatic carbocycles. The molecule has 7 heteroatoms. The van der Waals surface area contributed by atoms with Gasteiger partial charge in [-0.05, 0) is 80.3 Å². The number of ketones is 1. The highest BCUT2D eigenvalue weighted by atomic mass is 16.3. The normalized spacial score (nSPS) is 15.0. The third kappa shape index (κ3) is 4.62. The van der Waals surface area contributed by atoms with Crippen LogP contribution < -0.4 is 22.1 Å². The minimum absolute atomic E-state index is 0.0580. The van der Waals surface area contributed by atoms with E-state index in [9.17, 15) is 9.90 Å². The number of carbonyl (C=O) groups excluding carboxylic acids is 1. The van der Waals surface area contributed by atoms with Crippen molar-refractivity contribution < 1.29 is 9.90 Å². The van der Waals surface area contributed by atoms with Gasteiger partial charge >= 0.3 is 0 Å². The van der Waals surface area contributed by atoms with Gasteiger partial charge in [-0.3, -0.25) is 4.79 Å². The summed E-state index contributed by atoms with van der Waals surface area (Å²) in [5.41, 5.74) is 20.4. The van der Waals surface area contributed by atoms with Gasteiger partial charge in [0.25, 0.3) is 0 Å². The van der Waals surface area contributed by atoms with E-state index >= 15 is 0 Å². The predicted octanol–water partition coefficient (Wildman–Crippen LogP) is 3.20. The molecule has 0 spiro atoms. The molecule has 0 bridgehead atoms. The molecule has 3 rings (SSSR count). The molecule has 7 nitrogen and oxygen atoms in total. The van der Waals surface area contributed by atoms with Gasteiger partial charge in [0, 0.05) is 29.7 Å².